The van der Waals surface area contributed by atoms with Gasteiger partial charge in [-0.15, -0.1) is 0 Å². The van der Waals surface area contributed by atoms with Crippen molar-refractivity contribution in [2.75, 3.05) is 13.2 Å². The predicted octanol–water partition coefficient (Wildman–Crippen LogP) is 3.96. The predicted molar refractivity (Wildman–Crippen MR) is 86.3 cm³/mol. The molecule has 4 heteroatoms. The Kier molecular flexibility index (Phi) is 7.36. The highest BCUT2D eigenvalue weighted by molar-refractivity contribution is 6.01. The van der Waals surface area contributed by atoms with Crippen molar-refractivity contribution in [3.05, 3.63) is 23.3 Å². The van der Waals surface area contributed by atoms with E-state index in [0.717, 1.165) is 24.8 Å². The van der Waals surface area contributed by atoms with Crippen molar-refractivity contribution in [2.24, 2.45) is 5.41 Å². The van der Waals surface area contributed by atoms with Gasteiger partial charge in [-0.05, 0) is 46.5 Å². The molecule has 0 saturated heterocycles. The molecule has 0 aromatic carbocycles. The molecule has 1 aliphatic carbocycles. The second-order valence-electron chi connectivity index (χ2n) is 5.78. The van der Waals surface area contributed by atoms with Crippen molar-refractivity contribution in [1.29, 1.82) is 0 Å². The van der Waals surface area contributed by atoms with Crippen molar-refractivity contribution in [3.8, 4) is 0 Å². The van der Waals surface area contributed by atoms with Gasteiger partial charge in [0.15, 0.2) is 5.41 Å². The molecule has 1 rings (SSSR count). The average Bonchev–Trinajstić information content (AvgIpc) is 2.91. The van der Waals surface area contributed by atoms with Gasteiger partial charge < -0.3 is 9.47 Å². The Balaban J connectivity index is 2.87. The SMILES string of the molecule is CCCC/C(C)=C/C1=CCC(C(=O)OCC)(C(=O)OCC)C1. The second kappa shape index (κ2) is 8.76. The molecular formula is C18H28O4. The van der Waals surface area contributed by atoms with E-state index in [9.17, 15) is 9.59 Å². The van der Waals surface area contributed by atoms with E-state index < -0.39 is 17.4 Å². The van der Waals surface area contributed by atoms with Gasteiger partial charge >= 0.3 is 11.9 Å². The summed E-state index contributed by atoms with van der Waals surface area (Å²) >= 11 is 0. The van der Waals surface area contributed by atoms with Crippen molar-refractivity contribution >= 4 is 11.9 Å². The van der Waals surface area contributed by atoms with Crippen LogP contribution >= 0.6 is 0 Å². The number of hydrogen-bond donors (Lipinski definition) is 0. The van der Waals surface area contributed by atoms with Gasteiger partial charge in [-0.1, -0.05) is 36.6 Å². The van der Waals surface area contributed by atoms with E-state index in [1.165, 1.54) is 5.57 Å². The maximum atomic E-state index is 12.3. The lowest BCUT2D eigenvalue weighted by Crippen LogP contribution is -2.40. The molecule has 0 aromatic rings. The van der Waals surface area contributed by atoms with Crippen LogP contribution in [0.3, 0.4) is 0 Å². The van der Waals surface area contributed by atoms with E-state index in [0.29, 0.717) is 12.8 Å². The first kappa shape index (κ1) is 18.5. The summed E-state index contributed by atoms with van der Waals surface area (Å²) in [4.78, 5) is 24.6. The van der Waals surface area contributed by atoms with E-state index in [4.69, 9.17) is 9.47 Å². The lowest BCUT2D eigenvalue weighted by atomic mass is 9.84. The highest BCUT2D eigenvalue weighted by atomic mass is 16.6. The fourth-order valence-corrected chi connectivity index (χ4v) is 2.69. The highest BCUT2D eigenvalue weighted by Crippen LogP contribution is 2.41. The fraction of sp³-hybridized carbons (Fsp3) is 0.667. The van der Waals surface area contributed by atoms with Crippen LogP contribution in [0.1, 0.15) is 59.8 Å². The minimum absolute atomic E-state index is 0.265. The number of esters is 2. The molecule has 0 aromatic heterocycles. The van der Waals surface area contributed by atoms with E-state index in [2.05, 4.69) is 19.9 Å². The van der Waals surface area contributed by atoms with Gasteiger partial charge in [-0.3, -0.25) is 9.59 Å². The van der Waals surface area contributed by atoms with Gasteiger partial charge in [0, 0.05) is 0 Å². The number of unbranched alkanes of at least 4 members (excludes halogenated alkanes) is 1. The molecule has 0 amide bonds. The van der Waals surface area contributed by atoms with Crippen LogP contribution in [-0.4, -0.2) is 25.2 Å². The number of rotatable bonds is 8. The molecular weight excluding hydrogens is 280 g/mol. The van der Waals surface area contributed by atoms with Crippen LogP contribution in [0, 0.1) is 5.41 Å². The number of carbonyl (C=O) groups is 2. The summed E-state index contributed by atoms with van der Waals surface area (Å²) in [5.41, 5.74) is 1.11. The van der Waals surface area contributed by atoms with E-state index in [1.54, 1.807) is 13.8 Å². The van der Waals surface area contributed by atoms with E-state index in [1.807, 2.05) is 6.08 Å². The van der Waals surface area contributed by atoms with Crippen LogP contribution in [-0.2, 0) is 19.1 Å². The summed E-state index contributed by atoms with van der Waals surface area (Å²) in [6.45, 7) is 8.27. The lowest BCUT2D eigenvalue weighted by molar-refractivity contribution is -0.171. The van der Waals surface area contributed by atoms with Crippen molar-refractivity contribution in [2.45, 2.75) is 59.8 Å². The van der Waals surface area contributed by atoms with Gasteiger partial charge in [0.2, 0.25) is 0 Å². The zero-order chi connectivity index (χ0) is 16.6. The monoisotopic (exact) mass is 308 g/mol. The summed E-state index contributed by atoms with van der Waals surface area (Å²) in [7, 11) is 0. The van der Waals surface area contributed by atoms with E-state index in [-0.39, 0.29) is 13.2 Å². The van der Waals surface area contributed by atoms with Crippen LogP contribution in [0.25, 0.3) is 0 Å². The smallest absolute Gasteiger partial charge is 0.324 e. The van der Waals surface area contributed by atoms with Gasteiger partial charge in [0.25, 0.3) is 0 Å². The molecule has 22 heavy (non-hydrogen) atoms. The molecule has 0 aliphatic heterocycles. The Hall–Kier alpha value is -1.58. The Morgan fingerprint density at radius 1 is 1.18 bits per heavy atom. The molecule has 0 N–H and O–H groups in total. The Morgan fingerprint density at radius 3 is 2.27 bits per heavy atom. The molecule has 124 valence electrons. The third kappa shape index (κ3) is 4.46. The van der Waals surface area contributed by atoms with Gasteiger partial charge in [0.1, 0.15) is 0 Å². The van der Waals surface area contributed by atoms with Gasteiger partial charge in [0.05, 0.1) is 13.2 Å². The van der Waals surface area contributed by atoms with E-state index >= 15 is 0 Å². The number of allylic oxidation sites excluding steroid dienone is 4. The first-order chi connectivity index (χ1) is 10.5. The second-order valence-corrected chi connectivity index (χ2v) is 5.78. The Morgan fingerprint density at radius 2 is 1.77 bits per heavy atom. The molecule has 0 fully saturated rings. The normalized spacial score (nSPS) is 17.1. The zero-order valence-corrected chi connectivity index (χ0v) is 14.2. The third-order valence-electron chi connectivity index (χ3n) is 3.91. The molecule has 4 nitrogen and oxygen atoms in total. The summed E-state index contributed by atoms with van der Waals surface area (Å²) in [6, 6.07) is 0. The van der Waals surface area contributed by atoms with Crippen molar-refractivity contribution in [3.63, 3.8) is 0 Å². The quantitative estimate of drug-likeness (QED) is 0.503. The standard InChI is InChI=1S/C18H28O4/c1-5-8-9-14(4)12-15-10-11-18(13-15,16(19)21-6-2)17(20)22-7-3/h10,12H,5-9,11,13H2,1-4H3/b14-12+. The van der Waals surface area contributed by atoms with Gasteiger partial charge in [-0.25, -0.2) is 0 Å². The van der Waals surface area contributed by atoms with Crippen LogP contribution in [0.15, 0.2) is 23.3 Å². The highest BCUT2D eigenvalue weighted by Gasteiger charge is 2.50. The Bertz CT molecular complexity index is 442. The molecule has 0 atom stereocenters. The molecule has 0 saturated carbocycles. The number of hydrogen-bond acceptors (Lipinski definition) is 4. The van der Waals surface area contributed by atoms with Crippen LogP contribution < -0.4 is 0 Å². The average molecular weight is 308 g/mol. The van der Waals surface area contributed by atoms with Crippen LogP contribution in [0.2, 0.25) is 0 Å². The first-order valence-electron chi connectivity index (χ1n) is 8.20. The minimum Gasteiger partial charge on any atom is -0.465 e. The topological polar surface area (TPSA) is 52.6 Å². The first-order valence-corrected chi connectivity index (χ1v) is 8.20. The molecule has 0 unspecified atom stereocenters. The molecule has 0 spiro atoms. The lowest BCUT2D eigenvalue weighted by Gasteiger charge is -2.24. The summed E-state index contributed by atoms with van der Waals surface area (Å²) in [6.07, 6.45) is 8.13. The van der Waals surface area contributed by atoms with Crippen molar-refractivity contribution < 1.29 is 19.1 Å². The van der Waals surface area contributed by atoms with Gasteiger partial charge in [-0.2, -0.15) is 0 Å². The maximum absolute atomic E-state index is 12.3. The Labute approximate surface area is 133 Å². The molecule has 0 radical (unpaired) electrons. The minimum atomic E-state index is -1.19. The molecule has 0 bridgehead atoms. The summed E-state index contributed by atoms with van der Waals surface area (Å²) in [5, 5.41) is 0. The molecule has 1 aliphatic rings. The fourth-order valence-electron chi connectivity index (χ4n) is 2.69. The summed E-state index contributed by atoms with van der Waals surface area (Å²) < 4.78 is 10.2. The summed E-state index contributed by atoms with van der Waals surface area (Å²) in [5.74, 6) is -0.946. The largest absolute Gasteiger partial charge is 0.465 e. The third-order valence-corrected chi connectivity index (χ3v) is 3.91. The maximum Gasteiger partial charge on any atom is 0.324 e. The van der Waals surface area contributed by atoms with Crippen LogP contribution in [0.5, 0.6) is 0 Å². The zero-order valence-electron chi connectivity index (χ0n) is 14.2. The van der Waals surface area contributed by atoms with Crippen molar-refractivity contribution in [1.82, 2.24) is 0 Å². The number of ether oxygens (including phenoxy) is 2. The van der Waals surface area contributed by atoms with Crippen LogP contribution in [0.4, 0.5) is 0 Å². The molecule has 0 heterocycles. The number of carbonyl (C=O) groups excluding carboxylic acids is 2.